The summed E-state index contributed by atoms with van der Waals surface area (Å²) < 4.78 is 68.7. The molecule has 0 unspecified atom stereocenters. The molecule has 1 aliphatic carbocycles. The number of aryl methyl sites for hydroxylation is 1. The van der Waals surface area contributed by atoms with Crippen molar-refractivity contribution >= 4 is 15.9 Å². The first-order valence-corrected chi connectivity index (χ1v) is 15.5. The van der Waals surface area contributed by atoms with Crippen LogP contribution < -0.4 is 15.4 Å². The molecule has 0 bridgehead atoms. The summed E-state index contributed by atoms with van der Waals surface area (Å²) in [5, 5.41) is 15.9. The third-order valence-corrected chi connectivity index (χ3v) is 8.73. The van der Waals surface area contributed by atoms with Gasteiger partial charge in [0.1, 0.15) is 0 Å². The molecule has 3 aromatic rings. The van der Waals surface area contributed by atoms with Gasteiger partial charge in [0.25, 0.3) is 0 Å². The van der Waals surface area contributed by atoms with Gasteiger partial charge in [0.05, 0.1) is 34.2 Å². The van der Waals surface area contributed by atoms with Gasteiger partial charge in [0.2, 0.25) is 15.9 Å². The predicted molar refractivity (Wildman–Crippen MR) is 157 cm³/mol. The van der Waals surface area contributed by atoms with Gasteiger partial charge in [0, 0.05) is 18.5 Å². The lowest BCUT2D eigenvalue weighted by atomic mass is 9.86. The van der Waals surface area contributed by atoms with Crippen molar-refractivity contribution in [3.63, 3.8) is 0 Å². The molecule has 1 amide bonds. The zero-order valence-corrected chi connectivity index (χ0v) is 25.1. The average molecular weight is 613 g/mol. The number of amides is 1. The number of benzene rings is 3. The van der Waals surface area contributed by atoms with Crippen LogP contribution in [0.25, 0.3) is 0 Å². The Labute approximate surface area is 250 Å². The molecule has 0 radical (unpaired) electrons. The fraction of sp³-hybridized carbons (Fsp3) is 0.375. The molecule has 1 aliphatic rings. The van der Waals surface area contributed by atoms with Gasteiger partial charge >= 0.3 is 6.18 Å². The van der Waals surface area contributed by atoms with Crippen molar-refractivity contribution in [3.05, 3.63) is 100 Å². The number of hydrogen-bond donors (Lipinski definition) is 3. The number of fused-ring (bicyclic) bond motifs is 1. The summed E-state index contributed by atoms with van der Waals surface area (Å²) in [7, 11) is -4.48. The molecule has 4 rings (SSSR count). The lowest BCUT2D eigenvalue weighted by Gasteiger charge is -2.28. The van der Waals surface area contributed by atoms with E-state index in [1.165, 1.54) is 12.1 Å². The number of nitrogens with one attached hydrogen (secondary N) is 3. The van der Waals surface area contributed by atoms with E-state index in [1.807, 2.05) is 18.2 Å². The lowest BCUT2D eigenvalue weighted by Crippen LogP contribution is -2.36. The molecular weight excluding hydrogens is 577 g/mol. The molecule has 2 atom stereocenters. The van der Waals surface area contributed by atoms with E-state index < -0.39 is 38.6 Å². The van der Waals surface area contributed by atoms with Crippen molar-refractivity contribution in [3.8, 4) is 6.07 Å². The van der Waals surface area contributed by atoms with Crippen molar-refractivity contribution in [1.29, 1.82) is 5.26 Å². The summed E-state index contributed by atoms with van der Waals surface area (Å²) in [5.74, 6) is -0.435. The predicted octanol–water partition coefficient (Wildman–Crippen LogP) is 6.07. The Balaban J connectivity index is 1.56. The normalized spacial score (nSPS) is 16.2. The van der Waals surface area contributed by atoms with Crippen molar-refractivity contribution in [2.24, 2.45) is 0 Å². The van der Waals surface area contributed by atoms with Crippen molar-refractivity contribution in [1.82, 2.24) is 15.4 Å². The zero-order chi connectivity index (χ0) is 31.4. The molecule has 3 aromatic carbocycles. The van der Waals surface area contributed by atoms with Crippen molar-refractivity contribution in [2.45, 2.75) is 81.7 Å². The van der Waals surface area contributed by atoms with Gasteiger partial charge in [-0.25, -0.2) is 13.1 Å². The van der Waals surface area contributed by atoms with Crippen LogP contribution in [0.3, 0.4) is 0 Å². The minimum absolute atomic E-state index is 0.0294. The van der Waals surface area contributed by atoms with E-state index in [0.29, 0.717) is 24.6 Å². The first-order valence-electron chi connectivity index (χ1n) is 14.0. The summed E-state index contributed by atoms with van der Waals surface area (Å²) in [4.78, 5) is 12.8. The molecule has 11 heteroatoms. The smallest absolute Gasteiger partial charge is 0.349 e. The second-order valence-electron chi connectivity index (χ2n) is 11.8. The summed E-state index contributed by atoms with van der Waals surface area (Å²) in [5.41, 5.74) is 2.74. The quantitative estimate of drug-likeness (QED) is 0.272. The molecule has 0 spiro atoms. The van der Waals surface area contributed by atoms with Gasteiger partial charge in [-0.3, -0.25) is 4.79 Å². The number of alkyl halides is 3. The van der Waals surface area contributed by atoms with E-state index in [-0.39, 0.29) is 23.6 Å². The molecule has 7 nitrogen and oxygen atoms in total. The number of nitrogens with zero attached hydrogens (tertiary/aromatic N) is 1. The van der Waals surface area contributed by atoms with Crippen LogP contribution in [0.5, 0.6) is 0 Å². The second kappa shape index (κ2) is 12.9. The Kier molecular flexibility index (Phi) is 9.64. The summed E-state index contributed by atoms with van der Waals surface area (Å²) in [6.45, 7) is 7.00. The molecule has 43 heavy (non-hydrogen) atoms. The van der Waals surface area contributed by atoms with Crippen LogP contribution in [0.4, 0.5) is 13.2 Å². The summed E-state index contributed by atoms with van der Waals surface area (Å²) in [6.07, 6.45) is -2.60. The van der Waals surface area contributed by atoms with Crippen LogP contribution in [0.15, 0.2) is 71.6 Å². The molecule has 0 saturated carbocycles. The van der Waals surface area contributed by atoms with Crippen LogP contribution in [0.2, 0.25) is 0 Å². The highest BCUT2D eigenvalue weighted by Crippen LogP contribution is 2.33. The van der Waals surface area contributed by atoms with Crippen LogP contribution in [0, 0.1) is 11.3 Å². The monoisotopic (exact) mass is 612 g/mol. The lowest BCUT2D eigenvalue weighted by molar-refractivity contribution is -0.137. The van der Waals surface area contributed by atoms with E-state index >= 15 is 0 Å². The van der Waals surface area contributed by atoms with Gasteiger partial charge in [-0.15, -0.1) is 0 Å². The van der Waals surface area contributed by atoms with E-state index in [4.69, 9.17) is 0 Å². The number of carbonyl (C=O) groups is 1. The maximum atomic E-state index is 13.4. The number of rotatable bonds is 9. The van der Waals surface area contributed by atoms with E-state index in [1.54, 1.807) is 12.1 Å². The third-order valence-electron chi connectivity index (χ3n) is 7.26. The minimum Gasteiger partial charge on any atom is -0.349 e. The Morgan fingerprint density at radius 1 is 1.05 bits per heavy atom. The maximum absolute atomic E-state index is 13.4. The number of carbonyl (C=O) groups excluding carboxylic acids is 1. The van der Waals surface area contributed by atoms with Gasteiger partial charge < -0.3 is 10.6 Å². The molecule has 0 aliphatic heterocycles. The SMILES string of the molecule is CC(C)(C)NCc1ccc2c(c1)CCC[C@H]2NC(=O)C[C@@H](NS(=O)(=O)c1cccc(C(F)(F)F)c1)c1cccc(C#N)c1. The number of sulfonamides is 1. The fourth-order valence-corrected chi connectivity index (χ4v) is 6.35. The molecule has 3 N–H and O–H groups in total. The molecule has 0 aromatic heterocycles. The van der Waals surface area contributed by atoms with Gasteiger partial charge in [-0.2, -0.15) is 18.4 Å². The number of halogens is 3. The molecule has 0 heterocycles. The number of hydrogen-bond acceptors (Lipinski definition) is 5. The van der Waals surface area contributed by atoms with Gasteiger partial charge in [0.15, 0.2) is 0 Å². The topological polar surface area (TPSA) is 111 Å². The Morgan fingerprint density at radius 3 is 2.49 bits per heavy atom. The first kappa shape index (κ1) is 32.2. The Hall–Kier alpha value is -3.72. The average Bonchev–Trinajstić information content (AvgIpc) is 2.95. The van der Waals surface area contributed by atoms with Crippen LogP contribution in [-0.2, 0) is 34.0 Å². The standard InChI is InChI=1S/C32H35F3N4O3S/c1-31(2,3)37-20-22-13-14-27-23(16-22)8-5-12-28(27)38-30(40)18-29(24-9-4-7-21(15-24)19-36)39-43(41,42)26-11-6-10-25(17-26)32(33,34)35/h4,6-7,9-11,13-17,28-29,37,39H,5,8,12,18,20H2,1-3H3,(H,38,40)/t28-,29-/m1/s1. The van der Waals surface area contributed by atoms with Crippen LogP contribution in [-0.4, -0.2) is 19.9 Å². The summed E-state index contributed by atoms with van der Waals surface area (Å²) >= 11 is 0. The highest BCUT2D eigenvalue weighted by molar-refractivity contribution is 7.89. The van der Waals surface area contributed by atoms with E-state index in [2.05, 4.69) is 42.2 Å². The van der Waals surface area contributed by atoms with Gasteiger partial charge in [-0.05, 0) is 92.6 Å². The fourth-order valence-electron chi connectivity index (χ4n) is 5.08. The van der Waals surface area contributed by atoms with Gasteiger partial charge in [-0.1, -0.05) is 36.4 Å². The highest BCUT2D eigenvalue weighted by atomic mass is 32.2. The molecule has 0 fully saturated rings. The largest absolute Gasteiger partial charge is 0.416 e. The van der Waals surface area contributed by atoms with Crippen molar-refractivity contribution in [2.75, 3.05) is 0 Å². The molecular formula is C32H35F3N4O3S. The van der Waals surface area contributed by atoms with E-state index in [9.17, 15) is 31.6 Å². The molecule has 0 saturated heterocycles. The maximum Gasteiger partial charge on any atom is 0.416 e. The Bertz CT molecular complexity index is 1630. The third kappa shape index (κ3) is 8.66. The minimum atomic E-state index is -4.73. The Morgan fingerprint density at radius 2 is 1.79 bits per heavy atom. The summed E-state index contributed by atoms with van der Waals surface area (Å²) in [6, 6.07) is 16.3. The number of nitriles is 1. The van der Waals surface area contributed by atoms with Crippen LogP contribution in [0.1, 0.15) is 85.5 Å². The first-order chi connectivity index (χ1) is 20.1. The van der Waals surface area contributed by atoms with Crippen molar-refractivity contribution < 1.29 is 26.4 Å². The van der Waals surface area contributed by atoms with Crippen LogP contribution >= 0.6 is 0 Å². The second-order valence-corrected chi connectivity index (χ2v) is 13.5. The van der Waals surface area contributed by atoms with E-state index in [0.717, 1.165) is 47.7 Å². The zero-order valence-electron chi connectivity index (χ0n) is 24.3. The molecule has 228 valence electrons. The highest BCUT2D eigenvalue weighted by Gasteiger charge is 2.33.